The SMILES string of the molecule is CCN(CCO)c1ccc(NC(=O)CN2CCC(Nc3ccc(OC)cc3)CC2)cc1. The van der Waals surface area contributed by atoms with E-state index < -0.39 is 0 Å². The topological polar surface area (TPSA) is 77.1 Å². The maximum absolute atomic E-state index is 12.5. The molecule has 3 N–H and O–H groups in total. The Morgan fingerprint density at radius 1 is 1.10 bits per heavy atom. The highest BCUT2D eigenvalue weighted by atomic mass is 16.5. The zero-order valence-corrected chi connectivity index (χ0v) is 18.5. The third kappa shape index (κ3) is 6.87. The van der Waals surface area contributed by atoms with Crippen LogP contribution >= 0.6 is 0 Å². The van der Waals surface area contributed by atoms with Crippen molar-refractivity contribution in [3.63, 3.8) is 0 Å². The maximum atomic E-state index is 12.5. The summed E-state index contributed by atoms with van der Waals surface area (Å²) in [6, 6.07) is 16.2. The van der Waals surface area contributed by atoms with Gasteiger partial charge >= 0.3 is 0 Å². The molecule has 2 aromatic carbocycles. The fourth-order valence-corrected chi connectivity index (χ4v) is 3.91. The Hall–Kier alpha value is -2.77. The predicted molar refractivity (Wildman–Crippen MR) is 126 cm³/mol. The van der Waals surface area contributed by atoms with Gasteiger partial charge in [0, 0.05) is 49.3 Å². The molecule has 3 rings (SSSR count). The number of hydrogen-bond acceptors (Lipinski definition) is 6. The van der Waals surface area contributed by atoms with Crippen LogP contribution in [0.3, 0.4) is 0 Å². The maximum Gasteiger partial charge on any atom is 0.238 e. The zero-order chi connectivity index (χ0) is 22.1. The smallest absolute Gasteiger partial charge is 0.238 e. The lowest BCUT2D eigenvalue weighted by Crippen LogP contribution is -2.42. The van der Waals surface area contributed by atoms with Crippen molar-refractivity contribution in [2.75, 3.05) is 62.0 Å². The molecule has 7 heteroatoms. The lowest BCUT2D eigenvalue weighted by Gasteiger charge is -2.32. The molecule has 0 unspecified atom stereocenters. The molecule has 1 saturated heterocycles. The molecular weight excluding hydrogens is 392 g/mol. The van der Waals surface area contributed by atoms with Crippen molar-refractivity contribution in [3.8, 4) is 5.75 Å². The number of carbonyl (C=O) groups is 1. The lowest BCUT2D eigenvalue weighted by molar-refractivity contribution is -0.117. The monoisotopic (exact) mass is 426 g/mol. The van der Waals surface area contributed by atoms with E-state index in [1.54, 1.807) is 7.11 Å². The summed E-state index contributed by atoms with van der Waals surface area (Å²) in [6.07, 6.45) is 2.01. The van der Waals surface area contributed by atoms with Gasteiger partial charge < -0.3 is 25.4 Å². The molecule has 168 valence electrons. The molecule has 1 aliphatic rings. The first kappa shape index (κ1) is 22.9. The first-order valence-corrected chi connectivity index (χ1v) is 11.0. The number of nitrogens with zero attached hydrogens (tertiary/aromatic N) is 2. The van der Waals surface area contributed by atoms with Gasteiger partial charge in [-0.3, -0.25) is 9.69 Å². The highest BCUT2D eigenvalue weighted by molar-refractivity contribution is 5.92. The van der Waals surface area contributed by atoms with Crippen LogP contribution in [0.4, 0.5) is 17.1 Å². The molecule has 1 aliphatic heterocycles. The summed E-state index contributed by atoms with van der Waals surface area (Å²) in [6.45, 7) is 5.81. The summed E-state index contributed by atoms with van der Waals surface area (Å²) >= 11 is 0. The van der Waals surface area contributed by atoms with E-state index in [9.17, 15) is 4.79 Å². The third-order valence-corrected chi connectivity index (χ3v) is 5.68. The van der Waals surface area contributed by atoms with Crippen molar-refractivity contribution >= 4 is 23.0 Å². The van der Waals surface area contributed by atoms with E-state index in [0.717, 1.165) is 55.3 Å². The van der Waals surface area contributed by atoms with E-state index in [1.807, 2.05) is 48.5 Å². The summed E-state index contributed by atoms with van der Waals surface area (Å²) in [5.41, 5.74) is 2.94. The van der Waals surface area contributed by atoms with Crippen LogP contribution < -0.4 is 20.3 Å². The van der Waals surface area contributed by atoms with Gasteiger partial charge in [0.15, 0.2) is 0 Å². The molecule has 0 atom stereocenters. The van der Waals surface area contributed by atoms with Crippen LogP contribution in [-0.4, -0.2) is 68.4 Å². The number of benzene rings is 2. The Kier molecular flexibility index (Phi) is 8.55. The fourth-order valence-electron chi connectivity index (χ4n) is 3.91. The van der Waals surface area contributed by atoms with Gasteiger partial charge in [0.25, 0.3) is 0 Å². The second-order valence-electron chi connectivity index (χ2n) is 7.82. The minimum atomic E-state index is 0.0111. The minimum absolute atomic E-state index is 0.0111. The predicted octanol–water partition coefficient (Wildman–Crippen LogP) is 3.03. The molecule has 0 aromatic heterocycles. The van der Waals surface area contributed by atoms with Gasteiger partial charge in [-0.25, -0.2) is 0 Å². The van der Waals surface area contributed by atoms with Crippen molar-refractivity contribution in [1.29, 1.82) is 0 Å². The van der Waals surface area contributed by atoms with E-state index in [1.165, 1.54) is 0 Å². The summed E-state index contributed by atoms with van der Waals surface area (Å²) in [4.78, 5) is 16.8. The number of ether oxygens (including phenoxy) is 1. The molecule has 0 bridgehead atoms. The molecule has 2 aromatic rings. The number of amides is 1. The molecule has 0 aliphatic carbocycles. The number of carbonyl (C=O) groups excluding carboxylic acids is 1. The van der Waals surface area contributed by atoms with Crippen LogP contribution in [0.2, 0.25) is 0 Å². The van der Waals surface area contributed by atoms with Crippen LogP contribution in [0, 0.1) is 0 Å². The standard InChI is InChI=1S/C24H34N4O3/c1-3-28(16-17-29)22-8-4-20(5-9-22)26-24(30)18-27-14-12-21(13-15-27)25-19-6-10-23(31-2)11-7-19/h4-11,21,25,29H,3,12-18H2,1-2H3,(H,26,30). The molecular formula is C24H34N4O3. The quantitative estimate of drug-likeness (QED) is 0.542. The van der Waals surface area contributed by atoms with Crippen LogP contribution in [-0.2, 0) is 4.79 Å². The van der Waals surface area contributed by atoms with Crippen molar-refractivity contribution in [3.05, 3.63) is 48.5 Å². The summed E-state index contributed by atoms with van der Waals surface area (Å²) in [7, 11) is 1.67. The summed E-state index contributed by atoms with van der Waals surface area (Å²) < 4.78 is 5.20. The van der Waals surface area contributed by atoms with Gasteiger partial charge in [0.2, 0.25) is 5.91 Å². The van der Waals surface area contributed by atoms with Gasteiger partial charge in [-0.2, -0.15) is 0 Å². The molecule has 1 heterocycles. The average Bonchev–Trinajstić information content (AvgIpc) is 2.80. The highest BCUT2D eigenvalue weighted by Crippen LogP contribution is 2.20. The first-order valence-electron chi connectivity index (χ1n) is 11.0. The van der Waals surface area contributed by atoms with E-state index in [4.69, 9.17) is 9.84 Å². The molecule has 1 amide bonds. The first-order chi connectivity index (χ1) is 15.1. The Balaban J connectivity index is 1.41. The Labute approximate surface area is 185 Å². The number of aliphatic hydroxyl groups is 1. The van der Waals surface area contributed by atoms with Crippen molar-refractivity contribution in [1.82, 2.24) is 4.90 Å². The zero-order valence-electron chi connectivity index (χ0n) is 18.5. The summed E-state index contributed by atoms with van der Waals surface area (Å²) in [5.74, 6) is 0.867. The Bertz CT molecular complexity index is 803. The van der Waals surface area contributed by atoms with Crippen molar-refractivity contribution in [2.45, 2.75) is 25.8 Å². The Morgan fingerprint density at radius 3 is 2.32 bits per heavy atom. The van der Waals surface area contributed by atoms with Gasteiger partial charge in [0.05, 0.1) is 20.3 Å². The number of nitrogens with one attached hydrogen (secondary N) is 2. The molecule has 0 spiro atoms. The van der Waals surface area contributed by atoms with E-state index in [2.05, 4.69) is 27.4 Å². The number of rotatable bonds is 10. The highest BCUT2D eigenvalue weighted by Gasteiger charge is 2.21. The average molecular weight is 427 g/mol. The minimum Gasteiger partial charge on any atom is -0.497 e. The van der Waals surface area contributed by atoms with E-state index >= 15 is 0 Å². The number of aliphatic hydroxyl groups excluding tert-OH is 1. The second-order valence-corrected chi connectivity index (χ2v) is 7.82. The molecule has 1 fully saturated rings. The number of likely N-dealkylation sites (tertiary alicyclic amines) is 1. The van der Waals surface area contributed by atoms with Gasteiger partial charge in [0.1, 0.15) is 5.75 Å². The van der Waals surface area contributed by atoms with E-state index in [0.29, 0.717) is 19.1 Å². The van der Waals surface area contributed by atoms with Gasteiger partial charge in [-0.1, -0.05) is 0 Å². The number of piperidine rings is 1. The molecule has 31 heavy (non-hydrogen) atoms. The lowest BCUT2D eigenvalue weighted by atomic mass is 10.0. The number of likely N-dealkylation sites (N-methyl/N-ethyl adjacent to an activating group) is 1. The Morgan fingerprint density at radius 2 is 1.74 bits per heavy atom. The normalized spacial score (nSPS) is 14.8. The van der Waals surface area contributed by atoms with Crippen molar-refractivity contribution < 1.29 is 14.6 Å². The van der Waals surface area contributed by atoms with Crippen LogP contribution in [0.5, 0.6) is 5.75 Å². The van der Waals surface area contributed by atoms with Crippen LogP contribution in [0.15, 0.2) is 48.5 Å². The molecule has 0 radical (unpaired) electrons. The number of anilines is 3. The van der Waals surface area contributed by atoms with Gasteiger partial charge in [-0.05, 0) is 68.3 Å². The molecule has 0 saturated carbocycles. The molecule has 7 nitrogen and oxygen atoms in total. The van der Waals surface area contributed by atoms with Crippen LogP contribution in [0.1, 0.15) is 19.8 Å². The van der Waals surface area contributed by atoms with E-state index in [-0.39, 0.29) is 12.5 Å². The summed E-state index contributed by atoms with van der Waals surface area (Å²) in [5, 5.41) is 15.7. The largest absolute Gasteiger partial charge is 0.497 e. The third-order valence-electron chi connectivity index (χ3n) is 5.68. The number of methoxy groups -OCH3 is 1. The van der Waals surface area contributed by atoms with Crippen LogP contribution in [0.25, 0.3) is 0 Å². The fraction of sp³-hybridized carbons (Fsp3) is 0.458. The van der Waals surface area contributed by atoms with Crippen molar-refractivity contribution in [2.24, 2.45) is 0 Å². The number of hydrogen-bond donors (Lipinski definition) is 3. The van der Waals surface area contributed by atoms with Gasteiger partial charge in [-0.15, -0.1) is 0 Å². The second kappa shape index (κ2) is 11.6.